The maximum atomic E-state index is 12.7. The lowest BCUT2D eigenvalue weighted by molar-refractivity contribution is -0.122. The number of carbonyl (C=O) groups is 2. The number of imidazole rings is 1. The molecular formula is C23H24N4O3S. The van der Waals surface area contributed by atoms with Gasteiger partial charge in [-0.15, -0.1) is 11.8 Å². The molecule has 31 heavy (non-hydrogen) atoms. The Labute approximate surface area is 185 Å². The lowest BCUT2D eigenvalue weighted by Crippen LogP contribution is -2.35. The fourth-order valence-corrected chi connectivity index (χ4v) is 4.32. The zero-order valence-electron chi connectivity index (χ0n) is 17.3. The van der Waals surface area contributed by atoms with Gasteiger partial charge in [0, 0.05) is 55.2 Å². The first-order valence-corrected chi connectivity index (χ1v) is 11.1. The molecule has 0 saturated carbocycles. The number of nitrogens with one attached hydrogen (secondary N) is 1. The third-order valence-electron chi connectivity index (χ3n) is 5.02. The molecule has 0 radical (unpaired) electrons. The molecule has 0 spiro atoms. The van der Waals surface area contributed by atoms with E-state index in [1.807, 2.05) is 42.1 Å². The number of hydrogen-bond acceptors (Lipinski definition) is 5. The summed E-state index contributed by atoms with van der Waals surface area (Å²) in [6, 6.07) is 15.0. The molecule has 0 aliphatic carbocycles. The first-order valence-electron chi connectivity index (χ1n) is 10.1. The number of aryl methyl sites for hydroxylation is 1. The van der Waals surface area contributed by atoms with Gasteiger partial charge in [0.1, 0.15) is 18.2 Å². The summed E-state index contributed by atoms with van der Waals surface area (Å²) in [5, 5.41) is 2.84. The molecule has 0 saturated heterocycles. The molecule has 1 aliphatic heterocycles. The lowest BCUT2D eigenvalue weighted by Gasteiger charge is -2.29. The highest BCUT2D eigenvalue weighted by atomic mass is 32.2. The molecule has 2 aromatic carbocycles. The van der Waals surface area contributed by atoms with E-state index in [1.54, 1.807) is 47.1 Å². The minimum Gasteiger partial charge on any atom is -0.486 e. The van der Waals surface area contributed by atoms with Gasteiger partial charge in [-0.2, -0.15) is 0 Å². The van der Waals surface area contributed by atoms with Crippen molar-refractivity contribution in [2.45, 2.75) is 24.3 Å². The van der Waals surface area contributed by atoms with Crippen molar-refractivity contribution in [3.8, 4) is 5.75 Å². The Bertz CT molecular complexity index is 1060. The van der Waals surface area contributed by atoms with Crippen molar-refractivity contribution in [3.05, 3.63) is 66.7 Å². The summed E-state index contributed by atoms with van der Waals surface area (Å²) in [5.74, 6) is 2.18. The summed E-state index contributed by atoms with van der Waals surface area (Å²) in [6.45, 7) is 1.04. The Morgan fingerprint density at radius 3 is 2.71 bits per heavy atom. The van der Waals surface area contributed by atoms with Crippen LogP contribution in [0.3, 0.4) is 0 Å². The number of ether oxygens (including phenoxy) is 1. The van der Waals surface area contributed by atoms with Crippen LogP contribution in [0.5, 0.6) is 5.75 Å². The topological polar surface area (TPSA) is 76.5 Å². The smallest absolute Gasteiger partial charge is 0.227 e. The SMILES string of the molecule is Cn1ccnc1COc1ccc(NC(=O)CCC(=O)N2CCSc3ccccc32)cc1. The number of thioether (sulfide) groups is 1. The minimum atomic E-state index is -0.185. The second kappa shape index (κ2) is 9.70. The van der Waals surface area contributed by atoms with Gasteiger partial charge in [-0.1, -0.05) is 12.1 Å². The molecule has 2 heterocycles. The molecule has 1 N–H and O–H groups in total. The summed E-state index contributed by atoms with van der Waals surface area (Å²) in [6.07, 6.45) is 3.91. The molecule has 2 amide bonds. The number of aromatic nitrogens is 2. The van der Waals surface area contributed by atoms with Crippen LogP contribution in [0.2, 0.25) is 0 Å². The summed E-state index contributed by atoms with van der Waals surface area (Å²) in [5.41, 5.74) is 1.60. The lowest BCUT2D eigenvalue weighted by atomic mass is 10.2. The highest BCUT2D eigenvalue weighted by Crippen LogP contribution is 2.34. The Morgan fingerprint density at radius 1 is 1.13 bits per heavy atom. The van der Waals surface area contributed by atoms with Crippen molar-refractivity contribution in [2.24, 2.45) is 7.05 Å². The van der Waals surface area contributed by atoms with Crippen LogP contribution >= 0.6 is 11.8 Å². The van der Waals surface area contributed by atoms with Gasteiger partial charge < -0.3 is 19.5 Å². The van der Waals surface area contributed by atoms with Gasteiger partial charge in [0.05, 0.1) is 5.69 Å². The van der Waals surface area contributed by atoms with E-state index in [1.165, 1.54) is 0 Å². The van der Waals surface area contributed by atoms with Crippen LogP contribution in [0.25, 0.3) is 0 Å². The van der Waals surface area contributed by atoms with Crippen molar-refractivity contribution in [3.63, 3.8) is 0 Å². The van der Waals surface area contributed by atoms with Crippen molar-refractivity contribution >= 4 is 35.0 Å². The Balaban J connectivity index is 1.25. The van der Waals surface area contributed by atoms with Gasteiger partial charge in [-0.05, 0) is 36.4 Å². The predicted molar refractivity (Wildman–Crippen MR) is 121 cm³/mol. The summed E-state index contributed by atoms with van der Waals surface area (Å²) in [4.78, 5) is 32.1. The first kappa shape index (κ1) is 21.0. The predicted octanol–water partition coefficient (Wildman–Crippen LogP) is 3.86. The quantitative estimate of drug-likeness (QED) is 0.609. The van der Waals surface area contributed by atoms with E-state index in [0.29, 0.717) is 24.6 Å². The number of amides is 2. The van der Waals surface area contributed by atoms with E-state index in [-0.39, 0.29) is 24.7 Å². The van der Waals surface area contributed by atoms with Gasteiger partial charge in [0.15, 0.2) is 0 Å². The number of rotatable bonds is 7. The number of anilines is 2. The van der Waals surface area contributed by atoms with Crippen LogP contribution in [0, 0.1) is 0 Å². The molecule has 0 fully saturated rings. The maximum absolute atomic E-state index is 12.7. The molecule has 4 rings (SSSR count). The number of benzene rings is 2. The van der Waals surface area contributed by atoms with Crippen molar-refractivity contribution in [1.82, 2.24) is 9.55 Å². The number of hydrogen-bond donors (Lipinski definition) is 1. The van der Waals surface area contributed by atoms with E-state index in [0.717, 1.165) is 22.2 Å². The number of carbonyl (C=O) groups excluding carboxylic acids is 2. The third-order valence-corrected chi connectivity index (χ3v) is 6.07. The van der Waals surface area contributed by atoms with Gasteiger partial charge in [0.25, 0.3) is 0 Å². The second-order valence-corrected chi connectivity index (χ2v) is 8.31. The van der Waals surface area contributed by atoms with E-state index in [2.05, 4.69) is 10.3 Å². The van der Waals surface area contributed by atoms with Crippen LogP contribution in [0.4, 0.5) is 11.4 Å². The van der Waals surface area contributed by atoms with Crippen LogP contribution in [0.1, 0.15) is 18.7 Å². The first-order chi connectivity index (χ1) is 15.1. The van der Waals surface area contributed by atoms with Crippen molar-refractivity contribution < 1.29 is 14.3 Å². The molecule has 3 aromatic rings. The molecular weight excluding hydrogens is 412 g/mol. The molecule has 1 aliphatic rings. The minimum absolute atomic E-state index is 0.0269. The fourth-order valence-electron chi connectivity index (χ4n) is 3.33. The maximum Gasteiger partial charge on any atom is 0.227 e. The highest BCUT2D eigenvalue weighted by molar-refractivity contribution is 7.99. The molecule has 0 unspecified atom stereocenters. The molecule has 160 valence electrons. The zero-order chi connectivity index (χ0) is 21.6. The highest BCUT2D eigenvalue weighted by Gasteiger charge is 2.22. The van der Waals surface area contributed by atoms with Crippen molar-refractivity contribution in [1.29, 1.82) is 0 Å². The Kier molecular flexibility index (Phi) is 6.57. The summed E-state index contributed by atoms with van der Waals surface area (Å²) < 4.78 is 7.62. The van der Waals surface area contributed by atoms with Crippen LogP contribution in [0.15, 0.2) is 65.8 Å². The Morgan fingerprint density at radius 2 is 1.94 bits per heavy atom. The molecule has 0 atom stereocenters. The summed E-state index contributed by atoms with van der Waals surface area (Å²) >= 11 is 1.75. The zero-order valence-corrected chi connectivity index (χ0v) is 18.1. The average molecular weight is 437 g/mol. The van der Waals surface area contributed by atoms with E-state index >= 15 is 0 Å². The monoisotopic (exact) mass is 436 g/mol. The second-order valence-electron chi connectivity index (χ2n) is 7.18. The van der Waals surface area contributed by atoms with E-state index < -0.39 is 0 Å². The largest absolute Gasteiger partial charge is 0.486 e. The molecule has 7 nitrogen and oxygen atoms in total. The number of para-hydroxylation sites is 1. The molecule has 0 bridgehead atoms. The van der Waals surface area contributed by atoms with Crippen LogP contribution in [-0.4, -0.2) is 33.7 Å². The van der Waals surface area contributed by atoms with Gasteiger partial charge in [0.2, 0.25) is 11.8 Å². The average Bonchev–Trinajstić information content (AvgIpc) is 3.21. The molecule has 8 heteroatoms. The molecule has 1 aromatic heterocycles. The van der Waals surface area contributed by atoms with E-state index in [4.69, 9.17) is 4.74 Å². The third kappa shape index (κ3) is 5.27. The Hall–Kier alpha value is -3.26. The fraction of sp³-hybridized carbons (Fsp3) is 0.261. The van der Waals surface area contributed by atoms with Gasteiger partial charge in [-0.25, -0.2) is 4.98 Å². The van der Waals surface area contributed by atoms with Gasteiger partial charge in [-0.3, -0.25) is 9.59 Å². The number of nitrogens with zero attached hydrogens (tertiary/aromatic N) is 3. The van der Waals surface area contributed by atoms with Crippen LogP contribution < -0.4 is 15.0 Å². The van der Waals surface area contributed by atoms with Crippen molar-refractivity contribution in [2.75, 3.05) is 22.5 Å². The van der Waals surface area contributed by atoms with Gasteiger partial charge >= 0.3 is 0 Å². The van der Waals surface area contributed by atoms with E-state index in [9.17, 15) is 9.59 Å². The number of fused-ring (bicyclic) bond motifs is 1. The summed E-state index contributed by atoms with van der Waals surface area (Å²) in [7, 11) is 1.91. The standard InChI is InChI=1S/C23H24N4O3S/c1-26-13-12-24-21(26)16-30-18-8-6-17(7-9-18)25-22(28)10-11-23(29)27-14-15-31-20-5-3-2-4-19(20)27/h2-9,12-13H,10-11,14-16H2,1H3,(H,25,28). The normalized spacial score (nSPS) is 12.9. The van der Waals surface area contributed by atoms with Crippen LogP contribution in [-0.2, 0) is 23.2 Å².